The monoisotopic (exact) mass is 263 g/mol. The van der Waals surface area contributed by atoms with Gasteiger partial charge in [-0.3, -0.25) is 0 Å². The average molecular weight is 263 g/mol. The predicted octanol–water partition coefficient (Wildman–Crippen LogP) is 2.85. The molecule has 1 aromatic rings. The fraction of sp³-hybridized carbons (Fsp3) is 0.625. The number of para-hydroxylation sites is 1. The summed E-state index contributed by atoms with van der Waals surface area (Å²) in [7, 11) is 3.74. The maximum atomic E-state index is 10.4. The van der Waals surface area contributed by atoms with Crippen LogP contribution in [0.1, 0.15) is 37.4 Å². The summed E-state index contributed by atoms with van der Waals surface area (Å²) in [5.74, 6) is 1.58. The number of likely N-dealkylation sites (N-methyl/N-ethyl adjacent to an activating group) is 1. The molecular weight excluding hydrogens is 238 g/mol. The van der Waals surface area contributed by atoms with E-state index in [1.165, 1.54) is 25.7 Å². The van der Waals surface area contributed by atoms with Crippen molar-refractivity contribution in [2.45, 2.75) is 31.8 Å². The highest BCUT2D eigenvalue weighted by molar-refractivity contribution is 5.35. The van der Waals surface area contributed by atoms with E-state index in [0.717, 1.165) is 23.8 Å². The van der Waals surface area contributed by atoms with Crippen LogP contribution < -0.4 is 4.74 Å². The van der Waals surface area contributed by atoms with Crippen molar-refractivity contribution in [3.63, 3.8) is 0 Å². The summed E-state index contributed by atoms with van der Waals surface area (Å²) >= 11 is 0. The van der Waals surface area contributed by atoms with E-state index >= 15 is 0 Å². The first kappa shape index (κ1) is 14.4. The summed E-state index contributed by atoms with van der Waals surface area (Å²) in [5.41, 5.74) is 0.878. The van der Waals surface area contributed by atoms with E-state index in [1.807, 2.05) is 24.3 Å². The first-order chi connectivity index (χ1) is 9.20. The molecule has 3 heteroatoms. The lowest BCUT2D eigenvalue weighted by molar-refractivity contribution is 0.116. The van der Waals surface area contributed by atoms with Gasteiger partial charge in [0, 0.05) is 18.7 Å². The molecule has 0 bridgehead atoms. The third kappa shape index (κ3) is 3.95. The molecule has 1 aliphatic carbocycles. The van der Waals surface area contributed by atoms with Crippen molar-refractivity contribution in [2.75, 3.05) is 27.2 Å². The summed E-state index contributed by atoms with van der Waals surface area (Å²) in [6.07, 6.45) is 4.94. The molecule has 1 unspecified atom stereocenters. The lowest BCUT2D eigenvalue weighted by atomic mass is 10.1. The SMILES string of the molecule is COc1ccccc1C(O)CN(C)CC1CCCC1. The standard InChI is InChI=1S/C16H25NO2/c1-17(11-13-7-3-4-8-13)12-15(18)14-9-5-6-10-16(14)19-2/h5-6,9-10,13,15,18H,3-4,7-8,11-12H2,1-2H3. The van der Waals surface area contributed by atoms with Crippen LogP contribution in [0, 0.1) is 5.92 Å². The molecule has 0 radical (unpaired) electrons. The Kier molecular flexibility index (Phi) is 5.23. The Morgan fingerprint density at radius 3 is 2.68 bits per heavy atom. The molecule has 0 spiro atoms. The molecule has 1 N–H and O–H groups in total. The molecule has 1 saturated carbocycles. The fourth-order valence-corrected chi connectivity index (χ4v) is 3.04. The van der Waals surface area contributed by atoms with Crippen molar-refractivity contribution in [1.29, 1.82) is 0 Å². The van der Waals surface area contributed by atoms with Gasteiger partial charge in [-0.25, -0.2) is 0 Å². The smallest absolute Gasteiger partial charge is 0.124 e. The number of nitrogens with zero attached hydrogens (tertiary/aromatic N) is 1. The maximum Gasteiger partial charge on any atom is 0.124 e. The topological polar surface area (TPSA) is 32.7 Å². The van der Waals surface area contributed by atoms with Crippen LogP contribution in [-0.2, 0) is 0 Å². The van der Waals surface area contributed by atoms with Crippen LogP contribution in [0.3, 0.4) is 0 Å². The zero-order chi connectivity index (χ0) is 13.7. The second kappa shape index (κ2) is 6.92. The molecule has 2 rings (SSSR count). The summed E-state index contributed by atoms with van der Waals surface area (Å²) < 4.78 is 5.30. The molecule has 1 aromatic carbocycles. The predicted molar refractivity (Wildman–Crippen MR) is 77.4 cm³/mol. The van der Waals surface area contributed by atoms with Gasteiger partial charge in [0.1, 0.15) is 5.75 Å². The molecule has 1 fully saturated rings. The number of benzene rings is 1. The Bertz CT molecular complexity index is 388. The van der Waals surface area contributed by atoms with Gasteiger partial charge in [0.05, 0.1) is 13.2 Å². The van der Waals surface area contributed by atoms with Gasteiger partial charge in [0.15, 0.2) is 0 Å². The van der Waals surface area contributed by atoms with Crippen molar-refractivity contribution < 1.29 is 9.84 Å². The van der Waals surface area contributed by atoms with Crippen molar-refractivity contribution in [2.24, 2.45) is 5.92 Å². The number of hydrogen-bond donors (Lipinski definition) is 1. The molecule has 1 aliphatic rings. The fourth-order valence-electron chi connectivity index (χ4n) is 3.04. The van der Waals surface area contributed by atoms with Crippen molar-refractivity contribution >= 4 is 0 Å². The molecule has 0 heterocycles. The number of hydrogen-bond acceptors (Lipinski definition) is 3. The molecule has 0 saturated heterocycles. The molecular formula is C16H25NO2. The zero-order valence-electron chi connectivity index (χ0n) is 12.0. The Morgan fingerprint density at radius 1 is 1.32 bits per heavy atom. The minimum atomic E-state index is -0.484. The van der Waals surface area contributed by atoms with Crippen molar-refractivity contribution in [3.05, 3.63) is 29.8 Å². The normalized spacial score (nSPS) is 17.9. The van der Waals surface area contributed by atoms with E-state index in [-0.39, 0.29) is 0 Å². The number of aliphatic hydroxyl groups is 1. The number of rotatable bonds is 6. The van der Waals surface area contributed by atoms with Crippen LogP contribution >= 0.6 is 0 Å². The lowest BCUT2D eigenvalue weighted by Gasteiger charge is -2.24. The van der Waals surface area contributed by atoms with Gasteiger partial charge in [-0.2, -0.15) is 0 Å². The second-order valence-electron chi connectivity index (χ2n) is 5.63. The van der Waals surface area contributed by atoms with E-state index in [1.54, 1.807) is 7.11 Å². The third-order valence-corrected chi connectivity index (χ3v) is 4.03. The van der Waals surface area contributed by atoms with Crippen LogP contribution in [0.5, 0.6) is 5.75 Å². The van der Waals surface area contributed by atoms with Gasteiger partial charge < -0.3 is 14.7 Å². The van der Waals surface area contributed by atoms with Crippen molar-refractivity contribution in [1.82, 2.24) is 4.90 Å². The maximum absolute atomic E-state index is 10.4. The van der Waals surface area contributed by atoms with Gasteiger partial charge in [-0.05, 0) is 31.9 Å². The Labute approximate surface area is 116 Å². The Hall–Kier alpha value is -1.06. The van der Waals surface area contributed by atoms with E-state index in [0.29, 0.717) is 6.54 Å². The van der Waals surface area contributed by atoms with Crippen LogP contribution in [0.4, 0.5) is 0 Å². The van der Waals surface area contributed by atoms with Crippen LogP contribution in [0.2, 0.25) is 0 Å². The first-order valence-corrected chi connectivity index (χ1v) is 7.20. The molecule has 0 aromatic heterocycles. The molecule has 19 heavy (non-hydrogen) atoms. The molecule has 0 aliphatic heterocycles. The highest BCUT2D eigenvalue weighted by Crippen LogP contribution is 2.27. The molecule has 0 amide bonds. The van der Waals surface area contributed by atoms with E-state index in [9.17, 15) is 5.11 Å². The Morgan fingerprint density at radius 2 is 2.00 bits per heavy atom. The Balaban J connectivity index is 1.90. The third-order valence-electron chi connectivity index (χ3n) is 4.03. The van der Waals surface area contributed by atoms with Gasteiger partial charge in [-0.15, -0.1) is 0 Å². The van der Waals surface area contributed by atoms with Crippen molar-refractivity contribution in [3.8, 4) is 5.75 Å². The highest BCUT2D eigenvalue weighted by Gasteiger charge is 2.19. The van der Waals surface area contributed by atoms with E-state index in [2.05, 4.69) is 11.9 Å². The molecule has 106 valence electrons. The van der Waals surface area contributed by atoms with E-state index in [4.69, 9.17) is 4.74 Å². The summed E-state index contributed by atoms with van der Waals surface area (Å²) in [4.78, 5) is 2.24. The summed E-state index contributed by atoms with van der Waals surface area (Å²) in [5, 5.41) is 10.4. The van der Waals surface area contributed by atoms with Gasteiger partial charge in [-0.1, -0.05) is 31.0 Å². The quantitative estimate of drug-likeness (QED) is 0.856. The average Bonchev–Trinajstić information content (AvgIpc) is 2.91. The summed E-state index contributed by atoms with van der Waals surface area (Å²) in [6.45, 7) is 1.75. The van der Waals surface area contributed by atoms with Gasteiger partial charge >= 0.3 is 0 Å². The van der Waals surface area contributed by atoms with Gasteiger partial charge in [0.2, 0.25) is 0 Å². The highest BCUT2D eigenvalue weighted by atomic mass is 16.5. The lowest BCUT2D eigenvalue weighted by Crippen LogP contribution is -2.29. The van der Waals surface area contributed by atoms with Crippen LogP contribution in [0.15, 0.2) is 24.3 Å². The molecule has 3 nitrogen and oxygen atoms in total. The number of aliphatic hydroxyl groups excluding tert-OH is 1. The zero-order valence-corrected chi connectivity index (χ0v) is 12.0. The van der Waals surface area contributed by atoms with E-state index < -0.39 is 6.10 Å². The summed E-state index contributed by atoms with van der Waals surface area (Å²) in [6, 6.07) is 7.71. The van der Waals surface area contributed by atoms with Crippen LogP contribution in [0.25, 0.3) is 0 Å². The second-order valence-corrected chi connectivity index (χ2v) is 5.63. The number of methoxy groups -OCH3 is 1. The van der Waals surface area contributed by atoms with Crippen LogP contribution in [-0.4, -0.2) is 37.3 Å². The largest absolute Gasteiger partial charge is 0.496 e. The molecule has 1 atom stereocenters. The number of ether oxygens (including phenoxy) is 1. The first-order valence-electron chi connectivity index (χ1n) is 7.20. The minimum Gasteiger partial charge on any atom is -0.496 e. The minimum absolute atomic E-state index is 0.484. The van der Waals surface area contributed by atoms with Gasteiger partial charge in [0.25, 0.3) is 0 Å².